The smallest absolute Gasteiger partial charge is 0.263 e. The molecule has 0 spiro atoms. The SMILES string of the molecule is CCNC(=O)CCNCc1cccc(C(F)F)c1. The van der Waals surface area contributed by atoms with E-state index in [0.717, 1.165) is 5.56 Å². The summed E-state index contributed by atoms with van der Waals surface area (Å²) in [5, 5.41) is 5.74. The largest absolute Gasteiger partial charge is 0.356 e. The molecule has 1 rings (SSSR count). The van der Waals surface area contributed by atoms with Crippen LogP contribution in [0.25, 0.3) is 0 Å². The minimum Gasteiger partial charge on any atom is -0.356 e. The predicted octanol–water partition coefficient (Wildman–Crippen LogP) is 2.24. The standard InChI is InChI=1S/C13H18F2N2O/c1-2-17-12(18)6-7-16-9-10-4-3-5-11(8-10)13(14)15/h3-5,8,13,16H,2,6-7,9H2,1H3,(H,17,18). The Labute approximate surface area is 106 Å². The molecule has 0 aromatic heterocycles. The fraction of sp³-hybridized carbons (Fsp3) is 0.462. The van der Waals surface area contributed by atoms with Crippen LogP contribution < -0.4 is 10.6 Å². The molecule has 0 unspecified atom stereocenters. The maximum atomic E-state index is 12.5. The number of rotatable bonds is 7. The molecule has 1 amide bonds. The lowest BCUT2D eigenvalue weighted by Crippen LogP contribution is -2.27. The predicted molar refractivity (Wildman–Crippen MR) is 66.4 cm³/mol. The van der Waals surface area contributed by atoms with Gasteiger partial charge in [-0.25, -0.2) is 8.78 Å². The van der Waals surface area contributed by atoms with Gasteiger partial charge in [0.15, 0.2) is 0 Å². The molecule has 0 heterocycles. The van der Waals surface area contributed by atoms with Crippen LogP contribution in [0.1, 0.15) is 30.9 Å². The number of carbonyl (C=O) groups is 1. The van der Waals surface area contributed by atoms with E-state index in [-0.39, 0.29) is 11.5 Å². The highest BCUT2D eigenvalue weighted by Gasteiger charge is 2.06. The summed E-state index contributed by atoms with van der Waals surface area (Å²) in [6.07, 6.45) is -2.05. The van der Waals surface area contributed by atoms with Crippen molar-refractivity contribution < 1.29 is 13.6 Å². The zero-order chi connectivity index (χ0) is 13.4. The highest BCUT2D eigenvalue weighted by molar-refractivity contribution is 5.75. The van der Waals surface area contributed by atoms with E-state index in [1.807, 2.05) is 6.92 Å². The van der Waals surface area contributed by atoms with Gasteiger partial charge in [0.2, 0.25) is 5.91 Å². The Kier molecular flexibility index (Phi) is 6.28. The minimum absolute atomic E-state index is 0.00803. The van der Waals surface area contributed by atoms with Gasteiger partial charge >= 0.3 is 0 Å². The van der Waals surface area contributed by atoms with Crippen molar-refractivity contribution in [1.29, 1.82) is 0 Å². The quantitative estimate of drug-likeness (QED) is 0.735. The van der Waals surface area contributed by atoms with Crippen molar-refractivity contribution in [3.05, 3.63) is 35.4 Å². The normalized spacial score (nSPS) is 10.7. The summed E-state index contributed by atoms with van der Waals surface area (Å²) in [6, 6.07) is 6.28. The van der Waals surface area contributed by atoms with Crippen LogP contribution in [-0.2, 0) is 11.3 Å². The lowest BCUT2D eigenvalue weighted by atomic mass is 10.1. The van der Waals surface area contributed by atoms with Crippen LogP contribution in [-0.4, -0.2) is 19.0 Å². The molecule has 1 aromatic carbocycles. The third-order valence-electron chi connectivity index (χ3n) is 2.43. The number of carbonyl (C=O) groups excluding carboxylic acids is 1. The van der Waals surface area contributed by atoms with Crippen LogP contribution in [0, 0.1) is 0 Å². The first-order valence-corrected chi connectivity index (χ1v) is 5.98. The molecule has 18 heavy (non-hydrogen) atoms. The van der Waals surface area contributed by atoms with Crippen LogP contribution in [0.3, 0.4) is 0 Å². The first kappa shape index (κ1) is 14.6. The van der Waals surface area contributed by atoms with Crippen molar-refractivity contribution in [3.63, 3.8) is 0 Å². The van der Waals surface area contributed by atoms with E-state index in [9.17, 15) is 13.6 Å². The van der Waals surface area contributed by atoms with Gasteiger partial charge < -0.3 is 10.6 Å². The van der Waals surface area contributed by atoms with E-state index in [2.05, 4.69) is 10.6 Å². The van der Waals surface area contributed by atoms with Crippen LogP contribution in [0.4, 0.5) is 8.78 Å². The van der Waals surface area contributed by atoms with E-state index in [4.69, 9.17) is 0 Å². The van der Waals surface area contributed by atoms with E-state index < -0.39 is 6.43 Å². The highest BCUT2D eigenvalue weighted by Crippen LogP contribution is 2.19. The first-order valence-electron chi connectivity index (χ1n) is 5.98. The zero-order valence-electron chi connectivity index (χ0n) is 10.4. The van der Waals surface area contributed by atoms with Crippen molar-refractivity contribution in [2.75, 3.05) is 13.1 Å². The average molecular weight is 256 g/mol. The molecule has 0 saturated heterocycles. The highest BCUT2D eigenvalue weighted by atomic mass is 19.3. The Bertz CT molecular complexity index is 383. The number of alkyl halides is 2. The maximum Gasteiger partial charge on any atom is 0.263 e. The molecule has 0 aliphatic rings. The molecule has 2 N–H and O–H groups in total. The second kappa shape index (κ2) is 7.76. The number of nitrogens with one attached hydrogen (secondary N) is 2. The summed E-state index contributed by atoms with van der Waals surface area (Å²) in [4.78, 5) is 11.1. The second-order valence-electron chi connectivity index (χ2n) is 3.93. The molecule has 0 aliphatic carbocycles. The van der Waals surface area contributed by atoms with Gasteiger partial charge in [0, 0.05) is 31.6 Å². The van der Waals surface area contributed by atoms with Gasteiger partial charge in [0.05, 0.1) is 0 Å². The van der Waals surface area contributed by atoms with Crippen LogP contribution in [0.2, 0.25) is 0 Å². The Morgan fingerprint density at radius 2 is 2.17 bits per heavy atom. The Balaban J connectivity index is 2.31. The lowest BCUT2D eigenvalue weighted by Gasteiger charge is -2.07. The molecular formula is C13H18F2N2O. The Morgan fingerprint density at radius 1 is 1.39 bits per heavy atom. The molecular weight excluding hydrogens is 238 g/mol. The molecule has 0 atom stereocenters. The summed E-state index contributed by atoms with van der Waals surface area (Å²) in [5.74, 6) is -0.00803. The zero-order valence-corrected chi connectivity index (χ0v) is 10.4. The lowest BCUT2D eigenvalue weighted by molar-refractivity contribution is -0.120. The maximum absolute atomic E-state index is 12.5. The topological polar surface area (TPSA) is 41.1 Å². The van der Waals surface area contributed by atoms with Crippen molar-refractivity contribution in [2.24, 2.45) is 0 Å². The summed E-state index contributed by atoms with van der Waals surface area (Å²) in [7, 11) is 0. The summed E-state index contributed by atoms with van der Waals surface area (Å²) < 4.78 is 24.9. The fourth-order valence-electron chi connectivity index (χ4n) is 1.56. The van der Waals surface area contributed by atoms with Crippen LogP contribution in [0.15, 0.2) is 24.3 Å². The molecule has 0 radical (unpaired) electrons. The fourth-order valence-corrected chi connectivity index (χ4v) is 1.56. The number of hydrogen-bond donors (Lipinski definition) is 2. The summed E-state index contributed by atoms with van der Waals surface area (Å²) in [5.41, 5.74) is 0.821. The van der Waals surface area contributed by atoms with E-state index >= 15 is 0 Å². The average Bonchev–Trinajstić information content (AvgIpc) is 2.35. The van der Waals surface area contributed by atoms with Crippen molar-refractivity contribution in [3.8, 4) is 0 Å². The molecule has 1 aromatic rings. The van der Waals surface area contributed by atoms with E-state index in [1.54, 1.807) is 12.1 Å². The van der Waals surface area contributed by atoms with Crippen LogP contribution >= 0.6 is 0 Å². The number of amides is 1. The Hall–Kier alpha value is -1.49. The molecule has 0 saturated carbocycles. The van der Waals surface area contributed by atoms with Crippen molar-refractivity contribution in [2.45, 2.75) is 26.3 Å². The molecule has 3 nitrogen and oxygen atoms in total. The molecule has 0 bridgehead atoms. The number of hydrogen-bond acceptors (Lipinski definition) is 2. The molecule has 5 heteroatoms. The number of halogens is 2. The van der Waals surface area contributed by atoms with Gasteiger partial charge in [0.1, 0.15) is 0 Å². The van der Waals surface area contributed by atoms with E-state index in [1.165, 1.54) is 12.1 Å². The molecule has 0 fully saturated rings. The van der Waals surface area contributed by atoms with Gasteiger partial charge in [-0.3, -0.25) is 4.79 Å². The minimum atomic E-state index is -2.44. The molecule has 100 valence electrons. The van der Waals surface area contributed by atoms with Gasteiger partial charge in [-0.05, 0) is 18.6 Å². The molecule has 0 aliphatic heterocycles. The van der Waals surface area contributed by atoms with E-state index in [0.29, 0.717) is 26.1 Å². The van der Waals surface area contributed by atoms with Gasteiger partial charge in [0.25, 0.3) is 6.43 Å². The monoisotopic (exact) mass is 256 g/mol. The Morgan fingerprint density at radius 3 is 2.83 bits per heavy atom. The number of benzene rings is 1. The van der Waals surface area contributed by atoms with Crippen molar-refractivity contribution >= 4 is 5.91 Å². The summed E-state index contributed by atoms with van der Waals surface area (Å²) in [6.45, 7) is 3.50. The van der Waals surface area contributed by atoms with Crippen LogP contribution in [0.5, 0.6) is 0 Å². The third-order valence-corrected chi connectivity index (χ3v) is 2.43. The first-order chi connectivity index (χ1) is 8.63. The van der Waals surface area contributed by atoms with Gasteiger partial charge in [-0.15, -0.1) is 0 Å². The summed E-state index contributed by atoms with van der Waals surface area (Å²) >= 11 is 0. The van der Waals surface area contributed by atoms with Crippen molar-refractivity contribution in [1.82, 2.24) is 10.6 Å². The van der Waals surface area contributed by atoms with Gasteiger partial charge in [-0.2, -0.15) is 0 Å². The third kappa shape index (κ3) is 5.23. The van der Waals surface area contributed by atoms with Gasteiger partial charge in [-0.1, -0.05) is 18.2 Å². The second-order valence-corrected chi connectivity index (χ2v) is 3.93.